The largest absolute Gasteiger partial charge is 0.393 e. The lowest BCUT2D eigenvalue weighted by Crippen LogP contribution is -2.42. The van der Waals surface area contributed by atoms with Crippen molar-refractivity contribution >= 4 is 22.9 Å². The average molecular weight is 324 g/mol. The van der Waals surface area contributed by atoms with E-state index in [0.29, 0.717) is 0 Å². The van der Waals surface area contributed by atoms with Crippen LogP contribution in [-0.4, -0.2) is 24.3 Å². The van der Waals surface area contributed by atoms with Crippen molar-refractivity contribution in [3.63, 3.8) is 0 Å². The van der Waals surface area contributed by atoms with E-state index in [0.717, 1.165) is 0 Å². The molecule has 0 saturated carbocycles. The molecule has 2 rings (SSSR count). The number of benzene rings is 1. The normalized spacial score (nSPS) is 19.7. The van der Waals surface area contributed by atoms with Crippen molar-refractivity contribution in [3.05, 3.63) is 29.3 Å². The van der Waals surface area contributed by atoms with Gasteiger partial charge in [0.15, 0.2) is 11.6 Å². The third-order valence-corrected chi connectivity index (χ3v) is 3.77. The molecule has 0 aliphatic carbocycles. The van der Waals surface area contributed by atoms with Gasteiger partial charge in [0.05, 0.1) is 11.6 Å². The first-order chi connectivity index (χ1) is 9.71. The van der Waals surface area contributed by atoms with E-state index in [9.17, 15) is 22.0 Å². The van der Waals surface area contributed by atoms with E-state index in [-0.39, 0.29) is 42.2 Å². The highest BCUT2D eigenvalue weighted by Crippen LogP contribution is 2.36. The Morgan fingerprint density at radius 2 is 1.90 bits per heavy atom. The van der Waals surface area contributed by atoms with Crippen molar-refractivity contribution in [1.82, 2.24) is 0 Å². The molecule has 2 nitrogen and oxygen atoms in total. The number of hydrogen-bond donors (Lipinski definition) is 1. The Bertz CT molecular complexity index is 558. The third-order valence-electron chi connectivity index (χ3n) is 3.55. The van der Waals surface area contributed by atoms with E-state index >= 15 is 0 Å². The van der Waals surface area contributed by atoms with Gasteiger partial charge in [0, 0.05) is 18.7 Å². The first-order valence-corrected chi connectivity index (χ1v) is 6.72. The van der Waals surface area contributed by atoms with Gasteiger partial charge in [-0.25, -0.2) is 8.78 Å². The van der Waals surface area contributed by atoms with E-state index in [1.165, 1.54) is 17.0 Å². The highest BCUT2D eigenvalue weighted by atomic mass is 32.1. The summed E-state index contributed by atoms with van der Waals surface area (Å²) < 4.78 is 66.1. The van der Waals surface area contributed by atoms with Gasteiger partial charge >= 0.3 is 6.18 Å². The molecule has 0 radical (unpaired) electrons. The van der Waals surface area contributed by atoms with Crippen molar-refractivity contribution in [1.29, 1.82) is 0 Å². The summed E-state index contributed by atoms with van der Waals surface area (Å²) in [6.07, 6.45) is -4.08. The Morgan fingerprint density at radius 1 is 1.24 bits per heavy atom. The van der Waals surface area contributed by atoms with Gasteiger partial charge in [-0.3, -0.25) is 0 Å². The Balaban J connectivity index is 2.30. The first-order valence-electron chi connectivity index (χ1n) is 6.31. The number of nitrogens with two attached hydrogens (primary N) is 1. The number of rotatable bonds is 2. The second-order valence-electron chi connectivity index (χ2n) is 4.95. The molecule has 1 heterocycles. The van der Waals surface area contributed by atoms with E-state index in [1.807, 2.05) is 0 Å². The van der Waals surface area contributed by atoms with E-state index in [2.05, 4.69) is 12.2 Å². The zero-order chi connectivity index (χ0) is 15.8. The van der Waals surface area contributed by atoms with Gasteiger partial charge in [0.1, 0.15) is 4.99 Å². The summed E-state index contributed by atoms with van der Waals surface area (Å²) in [7, 11) is 0. The molecule has 8 heteroatoms. The van der Waals surface area contributed by atoms with Gasteiger partial charge in [0.25, 0.3) is 0 Å². The number of nitrogens with zero attached hydrogens (tertiary/aromatic N) is 1. The summed E-state index contributed by atoms with van der Waals surface area (Å²) in [4.78, 5) is 0.911. The molecule has 1 saturated heterocycles. The molecule has 1 fully saturated rings. The van der Waals surface area contributed by atoms with Crippen molar-refractivity contribution in [3.8, 4) is 0 Å². The number of alkyl halides is 3. The van der Waals surface area contributed by atoms with Crippen molar-refractivity contribution in [2.24, 2.45) is 11.7 Å². The fourth-order valence-corrected chi connectivity index (χ4v) is 2.59. The second kappa shape index (κ2) is 5.75. The summed E-state index contributed by atoms with van der Waals surface area (Å²) in [6.45, 7) is -0.137. The molecule has 1 unspecified atom stereocenters. The molecule has 0 amide bonds. The van der Waals surface area contributed by atoms with Crippen LogP contribution in [0.25, 0.3) is 0 Å². The zero-order valence-electron chi connectivity index (χ0n) is 10.9. The van der Waals surface area contributed by atoms with Crippen LogP contribution in [0.1, 0.15) is 18.4 Å². The summed E-state index contributed by atoms with van der Waals surface area (Å²) >= 11 is 4.59. The standard InChI is InChI=1S/C13H13F5N2S/c14-10-8(12(19)21)3-4-9(11(10)15)20-5-1-2-7(6-20)13(16,17)18/h3-4,7H,1-2,5-6H2,(H2,19,21). The number of piperidine rings is 1. The fourth-order valence-electron chi connectivity index (χ4n) is 2.44. The zero-order valence-corrected chi connectivity index (χ0v) is 11.7. The van der Waals surface area contributed by atoms with Gasteiger partial charge < -0.3 is 10.6 Å². The van der Waals surface area contributed by atoms with Crippen molar-refractivity contribution < 1.29 is 22.0 Å². The van der Waals surface area contributed by atoms with Crippen LogP contribution in [0.3, 0.4) is 0 Å². The van der Waals surface area contributed by atoms with Gasteiger partial charge in [-0.2, -0.15) is 13.2 Å². The fraction of sp³-hybridized carbons (Fsp3) is 0.462. The monoisotopic (exact) mass is 324 g/mol. The van der Waals surface area contributed by atoms with Crippen LogP contribution < -0.4 is 10.6 Å². The lowest BCUT2D eigenvalue weighted by molar-refractivity contribution is -0.176. The minimum atomic E-state index is -4.34. The highest BCUT2D eigenvalue weighted by Gasteiger charge is 2.42. The minimum absolute atomic E-state index is 0.00489. The number of hydrogen-bond acceptors (Lipinski definition) is 2. The third kappa shape index (κ3) is 3.25. The summed E-state index contributed by atoms with van der Waals surface area (Å²) in [6, 6.07) is 2.40. The van der Waals surface area contributed by atoms with Gasteiger partial charge in [-0.15, -0.1) is 0 Å². The molecule has 2 N–H and O–H groups in total. The molecule has 116 valence electrons. The highest BCUT2D eigenvalue weighted by molar-refractivity contribution is 7.80. The van der Waals surface area contributed by atoms with Gasteiger partial charge in [-0.1, -0.05) is 12.2 Å². The summed E-state index contributed by atoms with van der Waals surface area (Å²) in [5.74, 6) is -3.98. The topological polar surface area (TPSA) is 29.3 Å². The van der Waals surface area contributed by atoms with Gasteiger partial charge in [-0.05, 0) is 25.0 Å². The lowest BCUT2D eigenvalue weighted by atomic mass is 9.97. The molecule has 1 aromatic carbocycles. The number of halogens is 5. The summed E-state index contributed by atoms with van der Waals surface area (Å²) in [5, 5.41) is 0. The van der Waals surface area contributed by atoms with E-state index < -0.39 is 23.7 Å². The van der Waals surface area contributed by atoms with Crippen LogP contribution in [0.15, 0.2) is 12.1 Å². The molecule has 1 aliphatic rings. The van der Waals surface area contributed by atoms with E-state index in [1.54, 1.807) is 0 Å². The Morgan fingerprint density at radius 3 is 2.48 bits per heavy atom. The van der Waals surface area contributed by atoms with Crippen molar-refractivity contribution in [2.75, 3.05) is 18.0 Å². The molecule has 0 bridgehead atoms. The second-order valence-corrected chi connectivity index (χ2v) is 5.39. The Hall–Kier alpha value is -1.44. The molecular formula is C13H13F5N2S. The summed E-state index contributed by atoms with van der Waals surface area (Å²) in [5.41, 5.74) is 4.81. The predicted molar refractivity (Wildman–Crippen MR) is 73.2 cm³/mol. The van der Waals surface area contributed by atoms with Crippen LogP contribution >= 0.6 is 12.2 Å². The molecule has 1 aliphatic heterocycles. The van der Waals surface area contributed by atoms with Crippen LogP contribution in [0.4, 0.5) is 27.6 Å². The maximum atomic E-state index is 14.0. The number of thiocarbonyl (C=S) groups is 1. The maximum absolute atomic E-state index is 14.0. The molecular weight excluding hydrogens is 311 g/mol. The van der Waals surface area contributed by atoms with Crippen LogP contribution in [0.5, 0.6) is 0 Å². The lowest BCUT2D eigenvalue weighted by Gasteiger charge is -2.35. The maximum Gasteiger partial charge on any atom is 0.393 e. The van der Waals surface area contributed by atoms with Gasteiger partial charge in [0.2, 0.25) is 0 Å². The van der Waals surface area contributed by atoms with Crippen LogP contribution in [0.2, 0.25) is 0 Å². The molecule has 1 aromatic rings. The molecule has 0 aromatic heterocycles. The predicted octanol–water partition coefficient (Wildman–Crippen LogP) is 3.38. The molecule has 0 spiro atoms. The Kier molecular flexibility index (Phi) is 4.36. The molecule has 21 heavy (non-hydrogen) atoms. The Labute approximate surface area is 123 Å². The van der Waals surface area contributed by atoms with Crippen LogP contribution in [-0.2, 0) is 0 Å². The van der Waals surface area contributed by atoms with E-state index in [4.69, 9.17) is 5.73 Å². The first kappa shape index (κ1) is 15.9. The van der Waals surface area contributed by atoms with Crippen LogP contribution in [0, 0.1) is 17.6 Å². The average Bonchev–Trinajstić information content (AvgIpc) is 2.40. The molecule has 1 atom stereocenters. The van der Waals surface area contributed by atoms with Crippen molar-refractivity contribution in [2.45, 2.75) is 19.0 Å². The smallest absolute Gasteiger partial charge is 0.389 e. The number of anilines is 1. The minimum Gasteiger partial charge on any atom is -0.389 e. The SMILES string of the molecule is NC(=S)c1ccc(N2CCCC(C(F)(F)F)C2)c(F)c1F. The quantitative estimate of drug-likeness (QED) is 0.668.